The highest BCUT2D eigenvalue weighted by molar-refractivity contribution is 9.10. The highest BCUT2D eigenvalue weighted by Gasteiger charge is 2.41. The molecular weight excluding hydrogens is 318 g/mol. The quantitative estimate of drug-likeness (QED) is 0.904. The standard InChI is InChI=1S/C13H13BrClNO2/c14-9-5-7(1-3-10(9)15)13(17)16-11-6-8-2-4-12(11)18-8/h1,3,5,8,11-12H,2,4,6H2,(H,16,17). The molecule has 18 heavy (non-hydrogen) atoms. The van der Waals surface area contributed by atoms with E-state index in [1.807, 2.05) is 0 Å². The smallest absolute Gasteiger partial charge is 0.251 e. The summed E-state index contributed by atoms with van der Waals surface area (Å²) in [6, 6.07) is 5.35. The van der Waals surface area contributed by atoms with Crippen molar-refractivity contribution in [3.8, 4) is 0 Å². The second-order valence-corrected chi connectivity index (χ2v) is 6.08. The minimum atomic E-state index is -0.0616. The predicted molar refractivity (Wildman–Crippen MR) is 72.9 cm³/mol. The molecule has 1 N–H and O–H groups in total. The van der Waals surface area contributed by atoms with Gasteiger partial charge in [0.05, 0.1) is 23.3 Å². The number of hydrogen-bond acceptors (Lipinski definition) is 2. The number of benzene rings is 1. The van der Waals surface area contributed by atoms with Gasteiger partial charge in [-0.3, -0.25) is 4.79 Å². The van der Waals surface area contributed by atoms with Gasteiger partial charge in [0.25, 0.3) is 5.91 Å². The Morgan fingerprint density at radius 2 is 2.28 bits per heavy atom. The molecule has 3 unspecified atom stereocenters. The van der Waals surface area contributed by atoms with Crippen molar-refractivity contribution in [3.63, 3.8) is 0 Å². The second-order valence-electron chi connectivity index (χ2n) is 4.82. The van der Waals surface area contributed by atoms with Crippen LogP contribution in [0.25, 0.3) is 0 Å². The molecule has 1 aromatic rings. The van der Waals surface area contributed by atoms with Crippen LogP contribution in [0.5, 0.6) is 0 Å². The van der Waals surface area contributed by atoms with Crippen LogP contribution < -0.4 is 5.32 Å². The second kappa shape index (κ2) is 4.83. The summed E-state index contributed by atoms with van der Waals surface area (Å²) in [6.07, 6.45) is 3.67. The Labute approximate surface area is 119 Å². The summed E-state index contributed by atoms with van der Waals surface area (Å²) in [7, 11) is 0. The van der Waals surface area contributed by atoms with Crippen LogP contribution in [0.3, 0.4) is 0 Å². The molecule has 96 valence electrons. The fraction of sp³-hybridized carbons (Fsp3) is 0.462. The number of hydrogen-bond donors (Lipinski definition) is 1. The fourth-order valence-corrected chi connectivity index (χ4v) is 3.18. The van der Waals surface area contributed by atoms with Crippen molar-refractivity contribution < 1.29 is 9.53 Å². The fourth-order valence-electron chi connectivity index (χ4n) is 2.68. The lowest BCUT2D eigenvalue weighted by atomic mass is 9.95. The average molecular weight is 331 g/mol. The molecule has 3 atom stereocenters. The summed E-state index contributed by atoms with van der Waals surface area (Å²) < 4.78 is 6.46. The Balaban J connectivity index is 1.69. The number of carbonyl (C=O) groups excluding carboxylic acids is 1. The molecule has 3 rings (SSSR count). The summed E-state index contributed by atoms with van der Waals surface area (Å²) in [6.45, 7) is 0. The van der Waals surface area contributed by atoms with Gasteiger partial charge >= 0.3 is 0 Å². The molecular formula is C13H13BrClNO2. The van der Waals surface area contributed by atoms with Crippen LogP contribution in [0.2, 0.25) is 5.02 Å². The Kier molecular flexibility index (Phi) is 3.34. The number of halogens is 2. The maximum atomic E-state index is 12.1. The number of nitrogens with one attached hydrogen (secondary N) is 1. The summed E-state index contributed by atoms with van der Waals surface area (Å²) in [4.78, 5) is 12.1. The van der Waals surface area contributed by atoms with Crippen LogP contribution in [0.1, 0.15) is 29.6 Å². The molecule has 1 amide bonds. The van der Waals surface area contributed by atoms with E-state index in [2.05, 4.69) is 21.2 Å². The number of fused-ring (bicyclic) bond motifs is 2. The van der Waals surface area contributed by atoms with Gasteiger partial charge in [-0.05, 0) is 53.4 Å². The molecule has 0 aromatic heterocycles. The van der Waals surface area contributed by atoms with Crippen molar-refractivity contribution in [1.82, 2.24) is 5.32 Å². The van der Waals surface area contributed by atoms with Crippen LogP contribution >= 0.6 is 27.5 Å². The monoisotopic (exact) mass is 329 g/mol. The van der Waals surface area contributed by atoms with Gasteiger partial charge in [-0.15, -0.1) is 0 Å². The number of amides is 1. The third kappa shape index (κ3) is 2.29. The normalized spacial score (nSPS) is 29.6. The van der Waals surface area contributed by atoms with E-state index in [9.17, 15) is 4.79 Å². The van der Waals surface area contributed by atoms with Crippen LogP contribution in [0, 0.1) is 0 Å². The third-order valence-electron chi connectivity index (χ3n) is 3.60. The maximum Gasteiger partial charge on any atom is 0.251 e. The summed E-state index contributed by atoms with van der Waals surface area (Å²) >= 11 is 9.23. The van der Waals surface area contributed by atoms with E-state index in [1.165, 1.54) is 0 Å². The van der Waals surface area contributed by atoms with E-state index in [-0.39, 0.29) is 18.1 Å². The Bertz CT molecular complexity index is 494. The first-order chi connectivity index (χ1) is 8.63. The minimum absolute atomic E-state index is 0.0616. The molecule has 0 radical (unpaired) electrons. The van der Waals surface area contributed by atoms with Gasteiger partial charge in [-0.25, -0.2) is 0 Å². The van der Waals surface area contributed by atoms with Crippen LogP contribution in [0.15, 0.2) is 22.7 Å². The van der Waals surface area contributed by atoms with Gasteiger partial charge in [-0.2, -0.15) is 0 Å². The Hall–Kier alpha value is -0.580. The lowest BCUT2D eigenvalue weighted by Gasteiger charge is -2.20. The Morgan fingerprint density at radius 1 is 1.44 bits per heavy atom. The third-order valence-corrected chi connectivity index (χ3v) is 4.82. The maximum absolute atomic E-state index is 12.1. The molecule has 5 heteroatoms. The first-order valence-corrected chi connectivity index (χ1v) is 7.22. The van der Waals surface area contributed by atoms with Crippen LogP contribution in [0.4, 0.5) is 0 Å². The van der Waals surface area contributed by atoms with Crippen LogP contribution in [-0.2, 0) is 4.74 Å². The molecule has 3 nitrogen and oxygen atoms in total. The molecule has 2 saturated heterocycles. The minimum Gasteiger partial charge on any atom is -0.373 e. The average Bonchev–Trinajstić information content (AvgIpc) is 2.94. The van der Waals surface area contributed by atoms with Gasteiger partial charge in [-0.1, -0.05) is 11.6 Å². The molecule has 2 bridgehead atoms. The number of carbonyl (C=O) groups is 1. The van der Waals surface area contributed by atoms with Gasteiger partial charge in [0.1, 0.15) is 0 Å². The first kappa shape index (κ1) is 12.5. The van der Waals surface area contributed by atoms with Gasteiger partial charge in [0, 0.05) is 10.0 Å². The van der Waals surface area contributed by atoms with Gasteiger partial charge in [0.15, 0.2) is 0 Å². The predicted octanol–water partition coefficient (Wildman–Crippen LogP) is 3.15. The van der Waals surface area contributed by atoms with E-state index < -0.39 is 0 Å². The molecule has 2 aliphatic heterocycles. The SMILES string of the molecule is O=C(NC1CC2CCC1O2)c1ccc(Cl)c(Br)c1. The zero-order valence-electron chi connectivity index (χ0n) is 9.66. The van der Waals surface area contributed by atoms with E-state index in [0.717, 1.165) is 23.7 Å². The van der Waals surface area contributed by atoms with Gasteiger partial charge in [0.2, 0.25) is 0 Å². The van der Waals surface area contributed by atoms with Crippen LogP contribution in [-0.4, -0.2) is 24.2 Å². The molecule has 2 aliphatic rings. The topological polar surface area (TPSA) is 38.3 Å². The number of rotatable bonds is 2. The van der Waals surface area contributed by atoms with E-state index in [4.69, 9.17) is 16.3 Å². The lowest BCUT2D eigenvalue weighted by Crippen LogP contribution is -2.41. The largest absolute Gasteiger partial charge is 0.373 e. The van der Waals surface area contributed by atoms with Gasteiger partial charge < -0.3 is 10.1 Å². The first-order valence-electron chi connectivity index (χ1n) is 6.05. The van der Waals surface area contributed by atoms with E-state index in [0.29, 0.717) is 16.7 Å². The summed E-state index contributed by atoms with van der Waals surface area (Å²) in [5.41, 5.74) is 0.619. The van der Waals surface area contributed by atoms with Crippen molar-refractivity contribution in [3.05, 3.63) is 33.3 Å². The Morgan fingerprint density at radius 3 is 2.89 bits per heavy atom. The van der Waals surface area contributed by atoms with Crippen molar-refractivity contribution in [1.29, 1.82) is 0 Å². The highest BCUT2D eigenvalue weighted by atomic mass is 79.9. The molecule has 1 aromatic carbocycles. The van der Waals surface area contributed by atoms with Crippen molar-refractivity contribution >= 4 is 33.4 Å². The van der Waals surface area contributed by atoms with Crippen molar-refractivity contribution in [2.75, 3.05) is 0 Å². The molecule has 2 fully saturated rings. The van der Waals surface area contributed by atoms with Crippen molar-refractivity contribution in [2.24, 2.45) is 0 Å². The lowest BCUT2D eigenvalue weighted by molar-refractivity contribution is 0.0841. The molecule has 0 saturated carbocycles. The number of ether oxygens (including phenoxy) is 1. The molecule has 0 spiro atoms. The molecule has 2 heterocycles. The molecule has 0 aliphatic carbocycles. The zero-order chi connectivity index (χ0) is 12.7. The van der Waals surface area contributed by atoms with E-state index in [1.54, 1.807) is 18.2 Å². The summed E-state index contributed by atoms with van der Waals surface area (Å²) in [5, 5.41) is 3.65. The summed E-state index contributed by atoms with van der Waals surface area (Å²) in [5.74, 6) is -0.0616. The van der Waals surface area contributed by atoms with E-state index >= 15 is 0 Å². The highest BCUT2D eigenvalue weighted by Crippen LogP contribution is 2.34. The zero-order valence-corrected chi connectivity index (χ0v) is 12.0. The van der Waals surface area contributed by atoms with Crippen molar-refractivity contribution in [2.45, 2.75) is 37.5 Å².